The number of fused-ring (bicyclic) bond motifs is 2. The van der Waals surface area contributed by atoms with Gasteiger partial charge in [-0.3, -0.25) is 9.69 Å². The van der Waals surface area contributed by atoms with Crippen molar-refractivity contribution in [3.8, 4) is 11.5 Å². The molecule has 8 nitrogen and oxygen atoms in total. The average molecular weight is 401 g/mol. The van der Waals surface area contributed by atoms with Crippen LogP contribution >= 0.6 is 0 Å². The Morgan fingerprint density at radius 3 is 2.59 bits per heavy atom. The van der Waals surface area contributed by atoms with Crippen molar-refractivity contribution in [1.29, 1.82) is 0 Å². The number of piperidine rings is 1. The Morgan fingerprint density at radius 2 is 1.90 bits per heavy atom. The van der Waals surface area contributed by atoms with E-state index in [1.165, 1.54) is 6.42 Å². The number of aromatic amines is 1. The number of hydrogen-bond acceptors (Lipinski definition) is 6. The summed E-state index contributed by atoms with van der Waals surface area (Å²) < 4.78 is 16.0. The molecular weight excluding hydrogens is 374 g/mol. The number of nitrogens with zero attached hydrogens (tertiary/aromatic N) is 1. The van der Waals surface area contributed by atoms with Gasteiger partial charge in [0.2, 0.25) is 12.7 Å². The van der Waals surface area contributed by atoms with Gasteiger partial charge < -0.3 is 24.5 Å². The number of amides is 1. The zero-order chi connectivity index (χ0) is 20.5. The lowest BCUT2D eigenvalue weighted by atomic mass is 9.92. The van der Waals surface area contributed by atoms with E-state index in [2.05, 4.69) is 29.0 Å². The van der Waals surface area contributed by atoms with Gasteiger partial charge in [-0.25, -0.2) is 4.79 Å². The molecule has 1 fully saturated rings. The third-order valence-electron chi connectivity index (χ3n) is 5.35. The van der Waals surface area contributed by atoms with E-state index in [9.17, 15) is 9.59 Å². The van der Waals surface area contributed by atoms with Crippen LogP contribution in [0.5, 0.6) is 11.5 Å². The maximum atomic E-state index is 12.8. The summed E-state index contributed by atoms with van der Waals surface area (Å²) in [6.45, 7) is 8.64. The maximum Gasteiger partial charge on any atom is 0.356 e. The molecule has 0 spiro atoms. The molecule has 2 atom stereocenters. The monoisotopic (exact) mass is 401 g/mol. The molecule has 0 unspecified atom stereocenters. The SMILES string of the molecule is CCOC(=O)c1[nH]c2cc3c(cc2c1NC(=O)CN1C[C@H](C)C[C@H](C)C1)OCO3. The standard InChI is InChI=1S/C21H27N3O5/c1-4-27-21(26)20-19(14-6-16-17(29-11-28-16)7-15(14)22-20)23-18(25)10-24-8-12(2)5-13(3)9-24/h6-7,12-13,22H,4-5,8-11H2,1-3H3,(H,23,25)/t12-,13+. The Morgan fingerprint density at radius 1 is 1.21 bits per heavy atom. The van der Waals surface area contributed by atoms with Crippen LogP contribution in [0.25, 0.3) is 10.9 Å². The molecule has 2 aromatic rings. The first-order valence-electron chi connectivity index (χ1n) is 10.1. The van der Waals surface area contributed by atoms with E-state index in [-0.39, 0.29) is 31.5 Å². The van der Waals surface area contributed by atoms with E-state index in [1.807, 2.05) is 0 Å². The van der Waals surface area contributed by atoms with Crippen LogP contribution in [-0.4, -0.2) is 54.8 Å². The Labute approximate surface area is 169 Å². The summed E-state index contributed by atoms with van der Waals surface area (Å²) in [5.41, 5.74) is 1.31. The van der Waals surface area contributed by atoms with Gasteiger partial charge in [-0.15, -0.1) is 0 Å². The first kappa shape index (κ1) is 19.6. The highest BCUT2D eigenvalue weighted by molar-refractivity contribution is 6.11. The van der Waals surface area contributed by atoms with E-state index in [0.717, 1.165) is 13.1 Å². The third-order valence-corrected chi connectivity index (χ3v) is 5.35. The predicted octanol–water partition coefficient (Wildman–Crippen LogP) is 2.99. The topological polar surface area (TPSA) is 92.9 Å². The lowest BCUT2D eigenvalue weighted by molar-refractivity contribution is -0.117. The minimum absolute atomic E-state index is 0.152. The minimum atomic E-state index is -0.513. The van der Waals surface area contributed by atoms with Crippen LogP contribution in [0.1, 0.15) is 37.7 Å². The number of carbonyl (C=O) groups is 2. The van der Waals surface area contributed by atoms with Crippen LogP contribution < -0.4 is 14.8 Å². The summed E-state index contributed by atoms with van der Waals surface area (Å²) in [6, 6.07) is 3.54. The average Bonchev–Trinajstić information content (AvgIpc) is 3.23. The molecule has 156 valence electrons. The largest absolute Gasteiger partial charge is 0.461 e. The molecule has 2 aliphatic heterocycles. The van der Waals surface area contributed by atoms with Gasteiger partial charge in [-0.1, -0.05) is 13.8 Å². The summed E-state index contributed by atoms with van der Waals surface area (Å²) in [5, 5.41) is 3.62. The van der Waals surface area contributed by atoms with Gasteiger partial charge in [0.05, 0.1) is 24.4 Å². The molecule has 0 saturated carbocycles. The third kappa shape index (κ3) is 4.03. The zero-order valence-electron chi connectivity index (χ0n) is 17.0. The quantitative estimate of drug-likeness (QED) is 0.749. The second-order valence-electron chi connectivity index (χ2n) is 8.03. The fourth-order valence-corrected chi connectivity index (χ4v) is 4.37. The predicted molar refractivity (Wildman–Crippen MR) is 108 cm³/mol. The van der Waals surface area contributed by atoms with Crippen LogP contribution in [0.2, 0.25) is 0 Å². The van der Waals surface area contributed by atoms with E-state index >= 15 is 0 Å². The number of likely N-dealkylation sites (tertiary alicyclic amines) is 1. The van der Waals surface area contributed by atoms with E-state index < -0.39 is 5.97 Å². The molecule has 0 bridgehead atoms. The Kier molecular flexibility index (Phi) is 5.36. The Hall–Kier alpha value is -2.74. The second kappa shape index (κ2) is 7.94. The van der Waals surface area contributed by atoms with Gasteiger partial charge in [0.1, 0.15) is 5.69 Å². The molecule has 0 aliphatic carbocycles. The number of benzene rings is 1. The lowest BCUT2D eigenvalue weighted by Gasteiger charge is -2.34. The van der Waals surface area contributed by atoms with E-state index in [4.69, 9.17) is 14.2 Å². The number of aromatic nitrogens is 1. The summed E-state index contributed by atoms with van der Waals surface area (Å²) in [7, 11) is 0. The van der Waals surface area contributed by atoms with Gasteiger partial charge in [-0.2, -0.15) is 0 Å². The van der Waals surface area contributed by atoms with Crippen LogP contribution in [0.4, 0.5) is 5.69 Å². The summed E-state index contributed by atoms with van der Waals surface area (Å²) in [6.07, 6.45) is 1.18. The highest BCUT2D eigenvalue weighted by Crippen LogP contribution is 2.40. The molecule has 0 radical (unpaired) electrons. The summed E-state index contributed by atoms with van der Waals surface area (Å²) in [5.74, 6) is 1.64. The van der Waals surface area contributed by atoms with Gasteiger partial charge in [0.25, 0.3) is 0 Å². The highest BCUT2D eigenvalue weighted by atomic mass is 16.7. The van der Waals surface area contributed by atoms with Crippen molar-refractivity contribution in [2.45, 2.75) is 27.2 Å². The normalized spacial score (nSPS) is 21.3. The van der Waals surface area contributed by atoms with Crippen molar-refractivity contribution in [2.24, 2.45) is 11.8 Å². The minimum Gasteiger partial charge on any atom is -0.461 e. The fourth-order valence-electron chi connectivity index (χ4n) is 4.37. The number of carbonyl (C=O) groups excluding carboxylic acids is 2. The van der Waals surface area contributed by atoms with Crippen molar-refractivity contribution in [1.82, 2.24) is 9.88 Å². The Bertz CT molecular complexity index is 928. The van der Waals surface area contributed by atoms with E-state index in [1.54, 1.807) is 19.1 Å². The first-order valence-corrected chi connectivity index (χ1v) is 10.1. The zero-order valence-corrected chi connectivity index (χ0v) is 17.0. The molecule has 1 saturated heterocycles. The van der Waals surface area contributed by atoms with Crippen LogP contribution in [0.15, 0.2) is 12.1 Å². The first-order chi connectivity index (χ1) is 13.9. The van der Waals surface area contributed by atoms with Crippen molar-refractivity contribution < 1.29 is 23.8 Å². The smallest absolute Gasteiger partial charge is 0.356 e. The fraction of sp³-hybridized carbons (Fsp3) is 0.524. The number of esters is 1. The molecule has 1 amide bonds. The number of rotatable bonds is 5. The molecule has 1 aromatic heterocycles. The molecule has 3 heterocycles. The van der Waals surface area contributed by atoms with Crippen LogP contribution in [0, 0.1) is 11.8 Å². The van der Waals surface area contributed by atoms with Gasteiger partial charge in [-0.05, 0) is 31.2 Å². The van der Waals surface area contributed by atoms with Crippen molar-refractivity contribution >= 4 is 28.5 Å². The summed E-state index contributed by atoms with van der Waals surface area (Å²) in [4.78, 5) is 30.5. The van der Waals surface area contributed by atoms with Gasteiger partial charge in [0, 0.05) is 24.5 Å². The second-order valence-corrected chi connectivity index (χ2v) is 8.03. The number of ether oxygens (including phenoxy) is 3. The molecule has 2 aliphatic rings. The number of H-pyrrole nitrogens is 1. The van der Waals surface area contributed by atoms with Gasteiger partial charge >= 0.3 is 5.97 Å². The van der Waals surface area contributed by atoms with Gasteiger partial charge in [0.15, 0.2) is 11.5 Å². The van der Waals surface area contributed by atoms with Crippen LogP contribution in [-0.2, 0) is 9.53 Å². The Balaban J connectivity index is 1.61. The lowest BCUT2D eigenvalue weighted by Crippen LogP contribution is -2.42. The van der Waals surface area contributed by atoms with Crippen molar-refractivity contribution in [3.05, 3.63) is 17.8 Å². The molecule has 29 heavy (non-hydrogen) atoms. The van der Waals surface area contributed by atoms with Crippen molar-refractivity contribution in [2.75, 3.05) is 38.4 Å². The van der Waals surface area contributed by atoms with Crippen molar-refractivity contribution in [3.63, 3.8) is 0 Å². The summed E-state index contributed by atoms with van der Waals surface area (Å²) >= 11 is 0. The highest BCUT2D eigenvalue weighted by Gasteiger charge is 2.27. The molecule has 2 N–H and O–H groups in total. The van der Waals surface area contributed by atoms with Crippen LogP contribution in [0.3, 0.4) is 0 Å². The number of anilines is 1. The number of hydrogen-bond donors (Lipinski definition) is 2. The molecule has 1 aromatic carbocycles. The molecule has 4 rings (SSSR count). The molecular formula is C21H27N3O5. The number of nitrogens with one attached hydrogen (secondary N) is 2. The van der Waals surface area contributed by atoms with E-state index in [0.29, 0.717) is 39.9 Å². The maximum absolute atomic E-state index is 12.8. The molecule has 8 heteroatoms.